The van der Waals surface area contributed by atoms with Gasteiger partial charge in [-0.15, -0.1) is 11.3 Å². The van der Waals surface area contributed by atoms with E-state index in [9.17, 15) is 13.2 Å². The molecule has 0 saturated carbocycles. The Labute approximate surface area is 187 Å². The number of aromatic nitrogens is 3. The Kier molecular flexibility index (Phi) is 5.13. The first-order valence-corrected chi connectivity index (χ1v) is 12.9. The second kappa shape index (κ2) is 7.83. The molecule has 1 aliphatic heterocycles. The van der Waals surface area contributed by atoms with Gasteiger partial charge < -0.3 is 5.32 Å². The quantitative estimate of drug-likeness (QED) is 0.477. The van der Waals surface area contributed by atoms with Crippen molar-refractivity contribution in [2.24, 2.45) is 0 Å². The molecule has 11 heteroatoms. The lowest BCUT2D eigenvalue weighted by Gasteiger charge is -2.22. The fourth-order valence-electron chi connectivity index (χ4n) is 3.71. The summed E-state index contributed by atoms with van der Waals surface area (Å²) in [6.07, 6.45) is 1.11. The maximum atomic E-state index is 13.1. The van der Waals surface area contributed by atoms with E-state index in [-0.39, 0.29) is 10.1 Å². The topological polar surface area (TPSA) is 97.2 Å². The van der Waals surface area contributed by atoms with Gasteiger partial charge in [-0.3, -0.25) is 4.79 Å². The number of thiazole rings is 1. The summed E-state index contributed by atoms with van der Waals surface area (Å²) in [5, 5.41) is 9.73. The predicted octanol–water partition coefficient (Wildman–Crippen LogP) is 3.64. The summed E-state index contributed by atoms with van der Waals surface area (Å²) in [5.74, 6) is 0.113. The summed E-state index contributed by atoms with van der Waals surface area (Å²) < 4.78 is 30.2. The smallest absolute Gasteiger partial charge is 0.253 e. The van der Waals surface area contributed by atoms with E-state index < -0.39 is 16.1 Å². The number of anilines is 1. The largest absolute Gasteiger partial charge is 0.309 e. The Morgan fingerprint density at radius 3 is 2.84 bits per heavy atom. The molecule has 0 bridgehead atoms. The van der Waals surface area contributed by atoms with E-state index in [1.807, 2.05) is 31.2 Å². The maximum Gasteiger partial charge on any atom is 0.253 e. The van der Waals surface area contributed by atoms with Crippen LogP contribution in [0.3, 0.4) is 0 Å². The highest BCUT2D eigenvalue weighted by molar-refractivity contribution is 7.91. The average molecular weight is 474 g/mol. The van der Waals surface area contributed by atoms with Gasteiger partial charge in [0.2, 0.25) is 11.0 Å². The number of sulfonamides is 1. The maximum absolute atomic E-state index is 13.1. The van der Waals surface area contributed by atoms with E-state index in [2.05, 4.69) is 15.4 Å². The van der Waals surface area contributed by atoms with Gasteiger partial charge in [-0.2, -0.15) is 14.1 Å². The van der Waals surface area contributed by atoms with Crippen LogP contribution in [-0.4, -0.2) is 46.0 Å². The zero-order valence-electron chi connectivity index (χ0n) is 16.6. The second-order valence-electron chi connectivity index (χ2n) is 7.24. The van der Waals surface area contributed by atoms with Gasteiger partial charge in [0.15, 0.2) is 0 Å². The fourth-order valence-corrected chi connectivity index (χ4v) is 7.42. The number of hydrogen-bond donors (Lipinski definition) is 1. The summed E-state index contributed by atoms with van der Waals surface area (Å²) in [6.45, 7) is 2.16. The average Bonchev–Trinajstić information content (AvgIpc) is 3.52. The minimum absolute atomic E-state index is 0.252. The van der Waals surface area contributed by atoms with Gasteiger partial charge in [0.25, 0.3) is 10.0 Å². The monoisotopic (exact) mass is 473 g/mol. The summed E-state index contributed by atoms with van der Waals surface area (Å²) in [5.41, 5.74) is 1.58. The second-order valence-corrected chi connectivity index (χ2v) is 11.3. The molecule has 31 heavy (non-hydrogen) atoms. The number of carbonyl (C=O) groups excluding carboxylic acids is 1. The van der Waals surface area contributed by atoms with Crippen molar-refractivity contribution in [3.05, 3.63) is 53.5 Å². The van der Waals surface area contributed by atoms with Gasteiger partial charge in [-0.05, 0) is 43.3 Å². The Balaban J connectivity index is 1.43. The van der Waals surface area contributed by atoms with Crippen LogP contribution in [0.15, 0.2) is 52.1 Å². The van der Waals surface area contributed by atoms with Crippen molar-refractivity contribution in [3.8, 4) is 5.13 Å². The van der Waals surface area contributed by atoms with E-state index in [4.69, 9.17) is 0 Å². The molecule has 0 aliphatic carbocycles. The highest BCUT2D eigenvalue weighted by Gasteiger charge is 2.40. The number of hydrogen-bond acceptors (Lipinski definition) is 7. The molecule has 1 fully saturated rings. The molecule has 4 aromatic rings. The lowest BCUT2D eigenvalue weighted by atomic mass is 10.2. The van der Waals surface area contributed by atoms with Gasteiger partial charge in [-0.25, -0.2) is 13.4 Å². The van der Waals surface area contributed by atoms with E-state index in [0.29, 0.717) is 30.3 Å². The number of fused-ring (bicyclic) bond motifs is 1. The van der Waals surface area contributed by atoms with Crippen molar-refractivity contribution in [2.75, 3.05) is 11.9 Å². The van der Waals surface area contributed by atoms with Crippen LogP contribution in [-0.2, 0) is 14.8 Å². The third kappa shape index (κ3) is 3.67. The van der Waals surface area contributed by atoms with Gasteiger partial charge in [0.05, 0.1) is 15.9 Å². The van der Waals surface area contributed by atoms with Crippen molar-refractivity contribution in [1.82, 2.24) is 19.1 Å². The summed E-state index contributed by atoms with van der Waals surface area (Å²) >= 11 is 2.63. The minimum atomic E-state index is -3.70. The van der Waals surface area contributed by atoms with Crippen LogP contribution in [0, 0.1) is 6.92 Å². The van der Waals surface area contributed by atoms with Crippen LogP contribution in [0.4, 0.5) is 5.82 Å². The van der Waals surface area contributed by atoms with Crippen LogP contribution >= 0.6 is 22.7 Å². The Hall–Kier alpha value is -2.60. The molecule has 1 aromatic carbocycles. The van der Waals surface area contributed by atoms with E-state index >= 15 is 0 Å². The van der Waals surface area contributed by atoms with Gasteiger partial charge in [0.1, 0.15) is 16.1 Å². The van der Waals surface area contributed by atoms with Crippen molar-refractivity contribution in [3.63, 3.8) is 0 Å². The van der Waals surface area contributed by atoms with Gasteiger partial charge in [0, 0.05) is 12.6 Å². The lowest BCUT2D eigenvalue weighted by Crippen LogP contribution is -2.43. The third-order valence-electron chi connectivity index (χ3n) is 5.11. The molecule has 0 radical (unpaired) electrons. The van der Waals surface area contributed by atoms with Crippen molar-refractivity contribution < 1.29 is 13.2 Å². The molecule has 5 rings (SSSR count). The van der Waals surface area contributed by atoms with E-state index in [1.54, 1.807) is 28.3 Å². The number of aryl methyl sites for hydroxylation is 1. The van der Waals surface area contributed by atoms with Crippen LogP contribution in [0.5, 0.6) is 0 Å². The first-order chi connectivity index (χ1) is 14.9. The molecule has 8 nitrogen and oxygen atoms in total. The van der Waals surface area contributed by atoms with Crippen LogP contribution < -0.4 is 5.32 Å². The van der Waals surface area contributed by atoms with Crippen LogP contribution in [0.25, 0.3) is 15.3 Å². The number of benzene rings is 1. The number of amides is 1. The number of nitrogens with one attached hydrogen (secondary N) is 1. The Morgan fingerprint density at radius 2 is 2.06 bits per heavy atom. The van der Waals surface area contributed by atoms with E-state index in [0.717, 1.165) is 27.2 Å². The van der Waals surface area contributed by atoms with Gasteiger partial charge >= 0.3 is 0 Å². The highest BCUT2D eigenvalue weighted by Crippen LogP contribution is 2.30. The predicted molar refractivity (Wildman–Crippen MR) is 121 cm³/mol. The number of nitrogens with zero attached hydrogens (tertiary/aromatic N) is 4. The molecule has 1 N–H and O–H groups in total. The first kappa shape index (κ1) is 20.3. The molecule has 160 valence electrons. The number of rotatable bonds is 5. The molecule has 1 aliphatic rings. The van der Waals surface area contributed by atoms with Crippen molar-refractivity contribution >= 4 is 54.6 Å². The van der Waals surface area contributed by atoms with Crippen LogP contribution in [0.1, 0.15) is 18.5 Å². The van der Waals surface area contributed by atoms with Crippen molar-refractivity contribution in [1.29, 1.82) is 0 Å². The molecule has 1 amide bonds. The number of carbonyl (C=O) groups is 1. The molecule has 3 aromatic heterocycles. The normalized spacial score (nSPS) is 17.4. The summed E-state index contributed by atoms with van der Waals surface area (Å²) in [6, 6.07) is 12.0. The Morgan fingerprint density at radius 1 is 1.23 bits per heavy atom. The molecular formula is C20H19N5O3S3. The number of thiophene rings is 1. The minimum Gasteiger partial charge on any atom is -0.309 e. The standard InChI is InChI=1S/C20H19N5O3S3/c1-13-12-17(25(23-13)20-21-14-6-2-3-8-16(14)30-20)22-19(26)15-7-4-10-24(15)31(27,28)18-9-5-11-29-18/h2-3,5-6,8-9,11-12,15H,4,7,10H2,1H3,(H,22,26). The van der Waals surface area contributed by atoms with Gasteiger partial charge in [-0.1, -0.05) is 29.5 Å². The lowest BCUT2D eigenvalue weighted by molar-refractivity contribution is -0.119. The van der Waals surface area contributed by atoms with Crippen molar-refractivity contribution in [2.45, 2.75) is 30.0 Å². The summed E-state index contributed by atoms with van der Waals surface area (Å²) in [7, 11) is -3.70. The highest BCUT2D eigenvalue weighted by atomic mass is 32.2. The fraction of sp³-hybridized carbons (Fsp3) is 0.250. The molecule has 4 heterocycles. The molecule has 1 atom stereocenters. The molecule has 1 unspecified atom stereocenters. The first-order valence-electron chi connectivity index (χ1n) is 9.72. The SMILES string of the molecule is Cc1cc(NC(=O)C2CCCN2S(=O)(=O)c2cccs2)n(-c2nc3ccccc3s2)n1. The Bertz CT molecular complexity index is 1320. The third-order valence-corrected chi connectivity index (χ3v) is 9.40. The van der Waals surface area contributed by atoms with E-state index in [1.165, 1.54) is 15.6 Å². The number of para-hydroxylation sites is 1. The zero-order valence-corrected chi connectivity index (χ0v) is 19.0. The molecular weight excluding hydrogens is 454 g/mol. The van der Waals surface area contributed by atoms with Crippen LogP contribution in [0.2, 0.25) is 0 Å². The summed E-state index contributed by atoms with van der Waals surface area (Å²) in [4.78, 5) is 17.7. The zero-order chi connectivity index (χ0) is 21.6. The molecule has 1 saturated heterocycles. The molecule has 0 spiro atoms.